The third-order valence-corrected chi connectivity index (χ3v) is 4.84. The van der Waals surface area contributed by atoms with E-state index in [0.717, 1.165) is 22.2 Å². The van der Waals surface area contributed by atoms with E-state index < -0.39 is 29.6 Å². The number of imide groups is 1. The number of hydrogen-bond acceptors (Lipinski definition) is 6. The Hall–Kier alpha value is -3.65. The summed E-state index contributed by atoms with van der Waals surface area (Å²) in [6.07, 6.45) is 5.01. The summed E-state index contributed by atoms with van der Waals surface area (Å²) in [4.78, 5) is 48.5. The van der Waals surface area contributed by atoms with Gasteiger partial charge in [0, 0.05) is 5.69 Å². The smallest absolute Gasteiger partial charge is 0.294 e. The molecule has 0 radical (unpaired) electrons. The largest absolute Gasteiger partial charge is 0.545 e. The van der Waals surface area contributed by atoms with Crippen molar-refractivity contribution in [1.29, 1.82) is 0 Å². The number of carbonyl (C=O) groups excluding carboxylic acids is 4. The Morgan fingerprint density at radius 1 is 1.03 bits per heavy atom. The van der Waals surface area contributed by atoms with Crippen LogP contribution in [-0.4, -0.2) is 34.5 Å². The van der Waals surface area contributed by atoms with Crippen molar-refractivity contribution >= 4 is 46.5 Å². The predicted octanol–water partition coefficient (Wildman–Crippen LogP) is 2.28. The first-order chi connectivity index (χ1) is 13.9. The minimum absolute atomic E-state index is 0.0253. The van der Waals surface area contributed by atoms with Crippen LogP contribution in [0.25, 0.3) is 6.08 Å². The molecule has 7 nitrogen and oxygen atoms in total. The van der Waals surface area contributed by atoms with Crippen molar-refractivity contribution in [3.8, 4) is 0 Å². The molecular formula is C21H15N2O5S-. The van der Waals surface area contributed by atoms with Gasteiger partial charge in [-0.05, 0) is 41.1 Å². The summed E-state index contributed by atoms with van der Waals surface area (Å²) in [5, 5.41) is 12.7. The van der Waals surface area contributed by atoms with Crippen molar-refractivity contribution in [2.45, 2.75) is 0 Å². The maximum Gasteiger partial charge on any atom is 0.294 e. The maximum absolute atomic E-state index is 12.4. The number of rotatable bonds is 6. The van der Waals surface area contributed by atoms with E-state index in [9.17, 15) is 24.3 Å². The van der Waals surface area contributed by atoms with Crippen molar-refractivity contribution < 1.29 is 24.3 Å². The fourth-order valence-corrected chi connectivity index (χ4v) is 3.28. The fourth-order valence-electron chi connectivity index (χ4n) is 2.49. The van der Waals surface area contributed by atoms with Gasteiger partial charge < -0.3 is 15.2 Å². The Bertz CT molecular complexity index is 1010. The van der Waals surface area contributed by atoms with Crippen LogP contribution >= 0.6 is 11.8 Å². The lowest BCUT2D eigenvalue weighted by Crippen LogP contribution is -2.36. The van der Waals surface area contributed by atoms with E-state index in [2.05, 4.69) is 5.32 Å². The van der Waals surface area contributed by atoms with Gasteiger partial charge in [-0.15, -0.1) is 0 Å². The monoisotopic (exact) mass is 407 g/mol. The Kier molecular flexibility index (Phi) is 6.25. The molecule has 1 heterocycles. The van der Waals surface area contributed by atoms with Crippen LogP contribution in [0.5, 0.6) is 0 Å². The minimum Gasteiger partial charge on any atom is -0.545 e. The number of amides is 3. The van der Waals surface area contributed by atoms with Gasteiger partial charge in [0.25, 0.3) is 11.1 Å². The van der Waals surface area contributed by atoms with Gasteiger partial charge >= 0.3 is 0 Å². The second-order valence-electron chi connectivity index (χ2n) is 5.97. The fraction of sp³-hybridized carbons (Fsp3) is 0.0476. The van der Waals surface area contributed by atoms with Gasteiger partial charge in [0.05, 0.1) is 10.9 Å². The maximum atomic E-state index is 12.4. The van der Waals surface area contributed by atoms with Crippen LogP contribution < -0.4 is 10.4 Å². The number of benzene rings is 2. The zero-order valence-electron chi connectivity index (χ0n) is 15.0. The number of nitrogens with one attached hydrogen (secondary N) is 1. The van der Waals surface area contributed by atoms with Crippen LogP contribution in [-0.2, 0) is 9.59 Å². The van der Waals surface area contributed by atoms with Crippen LogP contribution in [0.4, 0.5) is 10.5 Å². The number of aromatic carboxylic acids is 1. The van der Waals surface area contributed by atoms with Crippen molar-refractivity contribution in [3.05, 3.63) is 82.8 Å². The molecule has 1 aliphatic rings. The summed E-state index contributed by atoms with van der Waals surface area (Å²) in [6, 6.07) is 14.8. The van der Waals surface area contributed by atoms with E-state index >= 15 is 0 Å². The number of carboxylic acid groups (broad SMARTS) is 1. The van der Waals surface area contributed by atoms with Gasteiger partial charge in [-0.25, -0.2) is 0 Å². The van der Waals surface area contributed by atoms with Gasteiger partial charge in [-0.3, -0.25) is 19.3 Å². The number of thioether (sulfide) groups is 1. The molecule has 29 heavy (non-hydrogen) atoms. The normalized spacial score (nSPS) is 15.3. The van der Waals surface area contributed by atoms with Crippen molar-refractivity contribution in [2.75, 3.05) is 11.9 Å². The van der Waals surface area contributed by atoms with Gasteiger partial charge in [0.15, 0.2) is 0 Å². The lowest BCUT2D eigenvalue weighted by Gasteiger charge is -2.12. The Morgan fingerprint density at radius 2 is 1.72 bits per heavy atom. The Balaban J connectivity index is 1.60. The number of hydrogen-bond donors (Lipinski definition) is 1. The van der Waals surface area contributed by atoms with Gasteiger partial charge in [0.1, 0.15) is 6.54 Å². The lowest BCUT2D eigenvalue weighted by molar-refractivity contribution is -0.255. The average Bonchev–Trinajstić information content (AvgIpc) is 2.97. The molecule has 1 N–H and O–H groups in total. The van der Waals surface area contributed by atoms with E-state index in [4.69, 9.17) is 0 Å². The first-order valence-electron chi connectivity index (χ1n) is 8.52. The quantitative estimate of drug-likeness (QED) is 0.737. The Morgan fingerprint density at radius 3 is 2.38 bits per heavy atom. The number of carboxylic acids is 1. The highest BCUT2D eigenvalue weighted by Crippen LogP contribution is 2.30. The second kappa shape index (κ2) is 9.03. The summed E-state index contributed by atoms with van der Waals surface area (Å²) in [5.74, 6) is -2.44. The van der Waals surface area contributed by atoms with E-state index in [1.807, 2.05) is 30.3 Å². The van der Waals surface area contributed by atoms with E-state index in [-0.39, 0.29) is 10.5 Å². The Labute approximate surface area is 170 Å². The van der Waals surface area contributed by atoms with Crippen LogP contribution in [0.2, 0.25) is 0 Å². The molecule has 0 bridgehead atoms. The number of nitrogens with zero attached hydrogens (tertiary/aromatic N) is 1. The summed E-state index contributed by atoms with van der Waals surface area (Å²) >= 11 is 0.765. The minimum atomic E-state index is -1.33. The zero-order chi connectivity index (χ0) is 20.8. The molecule has 146 valence electrons. The van der Waals surface area contributed by atoms with E-state index in [1.165, 1.54) is 30.3 Å². The molecule has 3 amide bonds. The molecule has 0 aromatic heterocycles. The highest BCUT2D eigenvalue weighted by atomic mass is 32.2. The highest BCUT2D eigenvalue weighted by molar-refractivity contribution is 8.18. The molecule has 1 saturated heterocycles. The van der Waals surface area contributed by atoms with Crippen molar-refractivity contribution in [1.82, 2.24) is 4.90 Å². The molecule has 3 rings (SSSR count). The summed E-state index contributed by atoms with van der Waals surface area (Å²) in [6.45, 7) is -0.438. The molecule has 2 aromatic carbocycles. The van der Waals surface area contributed by atoms with Gasteiger partial charge in [0.2, 0.25) is 5.91 Å². The zero-order valence-corrected chi connectivity index (χ0v) is 15.8. The number of allylic oxidation sites excluding steroid dienone is 2. The van der Waals surface area contributed by atoms with Crippen LogP contribution in [0.3, 0.4) is 0 Å². The van der Waals surface area contributed by atoms with Gasteiger partial charge in [-0.2, -0.15) is 0 Å². The molecule has 8 heteroatoms. The SMILES string of the molecule is O=C(CN1C(=O)SC(=CC=Cc2ccccc2)C1=O)Nc1ccc(C(=O)[O-])cc1. The van der Waals surface area contributed by atoms with Gasteiger partial charge in [-0.1, -0.05) is 54.6 Å². The third-order valence-electron chi connectivity index (χ3n) is 3.92. The lowest BCUT2D eigenvalue weighted by atomic mass is 10.2. The summed E-state index contributed by atoms with van der Waals surface area (Å²) in [5.41, 5.74) is 1.27. The molecule has 0 unspecified atom stereocenters. The standard InChI is InChI=1S/C21H16N2O5S/c24-18(22-16-11-9-15(10-12-16)20(26)27)13-23-19(25)17(29-21(23)28)8-4-7-14-5-2-1-3-6-14/h1-12H,13H2,(H,22,24)(H,26,27)/p-1. The van der Waals surface area contributed by atoms with Crippen molar-refractivity contribution in [3.63, 3.8) is 0 Å². The third kappa shape index (κ3) is 5.20. The van der Waals surface area contributed by atoms with Crippen LogP contribution in [0.15, 0.2) is 71.7 Å². The molecule has 0 spiro atoms. The molecule has 1 aliphatic heterocycles. The molecular weight excluding hydrogens is 392 g/mol. The summed E-state index contributed by atoms with van der Waals surface area (Å²) < 4.78 is 0. The first kappa shape index (κ1) is 20.1. The van der Waals surface area contributed by atoms with Crippen LogP contribution in [0, 0.1) is 0 Å². The molecule has 0 atom stereocenters. The number of carbonyl (C=O) groups is 4. The van der Waals surface area contributed by atoms with E-state index in [1.54, 1.807) is 12.2 Å². The predicted molar refractivity (Wildman–Crippen MR) is 108 cm³/mol. The highest BCUT2D eigenvalue weighted by Gasteiger charge is 2.35. The van der Waals surface area contributed by atoms with E-state index in [0.29, 0.717) is 5.69 Å². The topological polar surface area (TPSA) is 107 Å². The summed E-state index contributed by atoms with van der Waals surface area (Å²) in [7, 11) is 0. The van der Waals surface area contributed by atoms with Crippen LogP contribution in [0.1, 0.15) is 15.9 Å². The average molecular weight is 407 g/mol. The molecule has 1 fully saturated rings. The molecule has 2 aromatic rings. The molecule has 0 saturated carbocycles. The number of anilines is 1. The van der Waals surface area contributed by atoms with Crippen molar-refractivity contribution in [2.24, 2.45) is 0 Å². The second-order valence-corrected chi connectivity index (χ2v) is 6.97. The molecule has 0 aliphatic carbocycles. The first-order valence-corrected chi connectivity index (χ1v) is 9.34.